The molecule has 0 aromatic carbocycles. The molecule has 1 fully saturated rings. The Labute approximate surface area is 133 Å². The SMILES string of the molecule is CN(C(=O)C(C)(C)C)C1CCC(C#N)(c2ccccn2)CC1. The molecule has 1 aromatic rings. The van der Waals surface area contributed by atoms with Crippen molar-refractivity contribution in [3.8, 4) is 6.07 Å². The van der Waals surface area contributed by atoms with Gasteiger partial charge in [0.2, 0.25) is 5.91 Å². The third-order valence-corrected chi connectivity index (χ3v) is 4.69. The lowest BCUT2D eigenvalue weighted by Crippen LogP contribution is -2.46. The number of pyridine rings is 1. The summed E-state index contributed by atoms with van der Waals surface area (Å²) < 4.78 is 0. The quantitative estimate of drug-likeness (QED) is 0.842. The van der Waals surface area contributed by atoms with E-state index in [1.807, 2.05) is 50.9 Å². The molecule has 22 heavy (non-hydrogen) atoms. The van der Waals surface area contributed by atoms with Gasteiger partial charge in [0.25, 0.3) is 0 Å². The second kappa shape index (κ2) is 6.08. The van der Waals surface area contributed by atoms with E-state index in [0.717, 1.165) is 31.4 Å². The van der Waals surface area contributed by atoms with Gasteiger partial charge >= 0.3 is 0 Å². The zero-order valence-corrected chi connectivity index (χ0v) is 14.0. The molecule has 0 N–H and O–H groups in total. The number of hydrogen-bond donors (Lipinski definition) is 0. The van der Waals surface area contributed by atoms with Crippen LogP contribution in [0.1, 0.15) is 52.1 Å². The molecule has 1 aromatic heterocycles. The molecule has 1 aliphatic carbocycles. The summed E-state index contributed by atoms with van der Waals surface area (Å²) in [6.07, 6.45) is 4.96. The van der Waals surface area contributed by atoms with Gasteiger partial charge in [0.05, 0.1) is 17.2 Å². The van der Waals surface area contributed by atoms with Crippen molar-refractivity contribution in [2.45, 2.75) is 57.9 Å². The van der Waals surface area contributed by atoms with Crippen molar-refractivity contribution in [2.24, 2.45) is 5.41 Å². The minimum Gasteiger partial charge on any atom is -0.342 e. The van der Waals surface area contributed by atoms with Gasteiger partial charge in [-0.15, -0.1) is 0 Å². The monoisotopic (exact) mass is 299 g/mol. The third-order valence-electron chi connectivity index (χ3n) is 4.69. The number of carbonyl (C=O) groups is 1. The maximum atomic E-state index is 12.4. The van der Waals surface area contributed by atoms with Crippen LogP contribution in [-0.2, 0) is 10.2 Å². The van der Waals surface area contributed by atoms with Crippen LogP contribution in [0.3, 0.4) is 0 Å². The predicted molar refractivity (Wildman–Crippen MR) is 86.0 cm³/mol. The number of hydrogen-bond acceptors (Lipinski definition) is 3. The number of amides is 1. The summed E-state index contributed by atoms with van der Waals surface area (Å²) in [5.74, 6) is 0.166. The second-order valence-corrected chi connectivity index (χ2v) is 7.31. The zero-order valence-electron chi connectivity index (χ0n) is 14.0. The molecule has 0 spiro atoms. The van der Waals surface area contributed by atoms with Crippen LogP contribution in [0.5, 0.6) is 0 Å². The van der Waals surface area contributed by atoms with Gasteiger partial charge in [-0.05, 0) is 37.8 Å². The van der Waals surface area contributed by atoms with Crippen LogP contribution < -0.4 is 0 Å². The molecule has 0 bridgehead atoms. The topological polar surface area (TPSA) is 57.0 Å². The van der Waals surface area contributed by atoms with Crippen molar-refractivity contribution in [3.63, 3.8) is 0 Å². The van der Waals surface area contributed by atoms with Crippen molar-refractivity contribution in [3.05, 3.63) is 30.1 Å². The fourth-order valence-corrected chi connectivity index (χ4v) is 3.25. The lowest BCUT2D eigenvalue weighted by Gasteiger charge is -2.40. The van der Waals surface area contributed by atoms with Gasteiger partial charge in [-0.1, -0.05) is 26.8 Å². The maximum absolute atomic E-state index is 12.4. The van der Waals surface area contributed by atoms with E-state index < -0.39 is 5.41 Å². The number of nitrogens with zero attached hydrogens (tertiary/aromatic N) is 3. The summed E-state index contributed by atoms with van der Waals surface area (Å²) in [5, 5.41) is 9.69. The molecular formula is C18H25N3O. The van der Waals surface area contributed by atoms with Crippen LogP contribution in [0.4, 0.5) is 0 Å². The third kappa shape index (κ3) is 3.14. The molecule has 2 rings (SSSR count). The lowest BCUT2D eigenvalue weighted by molar-refractivity contribution is -0.141. The Bertz CT molecular complexity index is 560. The maximum Gasteiger partial charge on any atom is 0.227 e. The summed E-state index contributed by atoms with van der Waals surface area (Å²) in [6, 6.07) is 8.45. The molecule has 0 saturated heterocycles. The van der Waals surface area contributed by atoms with E-state index in [0.29, 0.717) is 0 Å². The van der Waals surface area contributed by atoms with Crippen LogP contribution in [0.15, 0.2) is 24.4 Å². The molecule has 0 unspecified atom stereocenters. The van der Waals surface area contributed by atoms with Crippen LogP contribution in [-0.4, -0.2) is 28.9 Å². The highest BCUT2D eigenvalue weighted by atomic mass is 16.2. The Kier molecular flexibility index (Phi) is 4.55. The van der Waals surface area contributed by atoms with Gasteiger partial charge in [-0.25, -0.2) is 0 Å². The van der Waals surface area contributed by atoms with E-state index in [1.54, 1.807) is 6.20 Å². The molecule has 4 heteroatoms. The highest BCUT2D eigenvalue weighted by Gasteiger charge is 2.40. The number of rotatable bonds is 2. The minimum absolute atomic E-state index is 0.166. The summed E-state index contributed by atoms with van der Waals surface area (Å²) in [5.41, 5.74) is 0.00355. The van der Waals surface area contributed by atoms with E-state index in [1.165, 1.54) is 0 Å². The first-order valence-corrected chi connectivity index (χ1v) is 7.90. The van der Waals surface area contributed by atoms with E-state index in [9.17, 15) is 10.1 Å². The summed E-state index contributed by atoms with van der Waals surface area (Å²) in [7, 11) is 1.89. The first-order valence-electron chi connectivity index (χ1n) is 7.90. The minimum atomic E-state index is -0.497. The first-order chi connectivity index (χ1) is 10.3. The van der Waals surface area contributed by atoms with E-state index in [2.05, 4.69) is 11.1 Å². The average Bonchev–Trinajstić information content (AvgIpc) is 2.53. The molecule has 1 saturated carbocycles. The van der Waals surface area contributed by atoms with Crippen molar-refractivity contribution >= 4 is 5.91 Å². The molecule has 1 heterocycles. The fraction of sp³-hybridized carbons (Fsp3) is 0.611. The van der Waals surface area contributed by atoms with Gasteiger partial charge in [-0.3, -0.25) is 9.78 Å². The largest absolute Gasteiger partial charge is 0.342 e. The Morgan fingerprint density at radius 2 is 2.00 bits per heavy atom. The van der Waals surface area contributed by atoms with E-state index in [-0.39, 0.29) is 17.4 Å². The summed E-state index contributed by atoms with van der Waals surface area (Å²) in [4.78, 5) is 18.7. The lowest BCUT2D eigenvalue weighted by atomic mass is 9.70. The van der Waals surface area contributed by atoms with Crippen molar-refractivity contribution in [2.75, 3.05) is 7.05 Å². The van der Waals surface area contributed by atoms with Gasteiger partial charge < -0.3 is 4.90 Å². The Morgan fingerprint density at radius 3 is 2.45 bits per heavy atom. The van der Waals surface area contributed by atoms with Gasteiger partial charge in [0.1, 0.15) is 0 Å². The van der Waals surface area contributed by atoms with Gasteiger partial charge in [0, 0.05) is 24.7 Å². The number of nitriles is 1. The highest BCUT2D eigenvalue weighted by molar-refractivity contribution is 5.81. The van der Waals surface area contributed by atoms with Gasteiger partial charge in [-0.2, -0.15) is 5.26 Å². The molecule has 0 aliphatic heterocycles. The number of aromatic nitrogens is 1. The van der Waals surface area contributed by atoms with Crippen molar-refractivity contribution < 1.29 is 4.79 Å². The van der Waals surface area contributed by atoms with Crippen LogP contribution in [0.2, 0.25) is 0 Å². The van der Waals surface area contributed by atoms with Crippen molar-refractivity contribution in [1.82, 2.24) is 9.88 Å². The predicted octanol–water partition coefficient (Wildman–Crippen LogP) is 3.29. The summed E-state index contributed by atoms with van der Waals surface area (Å²) >= 11 is 0. The Balaban J connectivity index is 2.10. The van der Waals surface area contributed by atoms with Crippen LogP contribution in [0.25, 0.3) is 0 Å². The fourth-order valence-electron chi connectivity index (χ4n) is 3.25. The van der Waals surface area contributed by atoms with Crippen LogP contribution >= 0.6 is 0 Å². The zero-order chi connectivity index (χ0) is 16.4. The van der Waals surface area contributed by atoms with E-state index >= 15 is 0 Å². The summed E-state index contributed by atoms with van der Waals surface area (Å²) in [6.45, 7) is 5.84. The number of carbonyl (C=O) groups excluding carboxylic acids is 1. The smallest absolute Gasteiger partial charge is 0.227 e. The van der Waals surface area contributed by atoms with E-state index in [4.69, 9.17) is 0 Å². The average molecular weight is 299 g/mol. The van der Waals surface area contributed by atoms with Gasteiger partial charge in [0.15, 0.2) is 0 Å². The molecule has 1 aliphatic rings. The standard InChI is InChI=1S/C18H25N3O/c1-17(2,3)16(22)21(4)14-8-10-18(13-19,11-9-14)15-7-5-6-12-20-15/h5-7,12,14H,8-11H2,1-4H3. The Morgan fingerprint density at radius 1 is 1.36 bits per heavy atom. The molecule has 1 amide bonds. The second-order valence-electron chi connectivity index (χ2n) is 7.31. The first kappa shape index (κ1) is 16.5. The molecule has 0 radical (unpaired) electrons. The molecule has 118 valence electrons. The molecule has 4 nitrogen and oxygen atoms in total. The van der Waals surface area contributed by atoms with Crippen molar-refractivity contribution in [1.29, 1.82) is 5.26 Å². The molecule has 0 atom stereocenters. The van der Waals surface area contributed by atoms with Crippen LogP contribution in [0, 0.1) is 16.7 Å². The normalized spacial score (nSPS) is 25.3. The Hall–Kier alpha value is -1.89. The molecular weight excluding hydrogens is 274 g/mol. The highest BCUT2D eigenvalue weighted by Crippen LogP contribution is 2.39.